The predicted molar refractivity (Wildman–Crippen MR) is 67.1 cm³/mol. The van der Waals surface area contributed by atoms with E-state index in [0.717, 1.165) is 15.6 Å². The summed E-state index contributed by atoms with van der Waals surface area (Å²) in [5.74, 6) is 0.481. The molecule has 3 nitrogen and oxygen atoms in total. The number of aromatic nitrogens is 1. The van der Waals surface area contributed by atoms with Crippen LogP contribution in [0.15, 0.2) is 38.1 Å². The first-order valence-corrected chi connectivity index (χ1v) is 6.21. The quantitative estimate of drug-likeness (QED) is 0.903. The predicted octanol–water partition coefficient (Wildman–Crippen LogP) is 3.59. The molecule has 0 aromatic carbocycles. The molecular weight excluding hydrogens is 338 g/mol. The minimum absolute atomic E-state index is 0.481. The van der Waals surface area contributed by atoms with Crippen LogP contribution < -0.4 is 0 Å². The largest absolute Gasteiger partial charge is 0.450 e. The van der Waals surface area contributed by atoms with E-state index in [1.807, 2.05) is 13.0 Å². The number of aliphatic hydroxyl groups excluding tert-OH is 1. The van der Waals surface area contributed by atoms with Gasteiger partial charge in [0.1, 0.15) is 11.9 Å². The Balaban J connectivity index is 2.39. The van der Waals surface area contributed by atoms with E-state index in [0.29, 0.717) is 10.4 Å². The smallest absolute Gasteiger partial charge is 0.183 e. The summed E-state index contributed by atoms with van der Waals surface area (Å²) in [6.07, 6.45) is 2.54. The number of aryl methyl sites for hydroxylation is 1. The van der Waals surface area contributed by atoms with E-state index in [1.165, 1.54) is 0 Å². The summed E-state index contributed by atoms with van der Waals surface area (Å²) in [4.78, 5) is 4.00. The molecule has 0 aliphatic heterocycles. The fourth-order valence-electron chi connectivity index (χ4n) is 1.41. The second-order valence-corrected chi connectivity index (χ2v) is 4.98. The van der Waals surface area contributed by atoms with E-state index >= 15 is 0 Å². The summed E-state index contributed by atoms with van der Waals surface area (Å²) >= 11 is 6.54. The van der Waals surface area contributed by atoms with Gasteiger partial charge in [-0.25, -0.2) is 0 Å². The fourth-order valence-corrected chi connectivity index (χ4v) is 2.02. The molecule has 0 aliphatic carbocycles. The van der Waals surface area contributed by atoms with Gasteiger partial charge in [-0.1, -0.05) is 0 Å². The zero-order valence-corrected chi connectivity index (χ0v) is 11.6. The van der Waals surface area contributed by atoms with E-state index in [4.69, 9.17) is 4.42 Å². The standard InChI is InChI=1S/C11H9Br2NO2/c1-6-2-3-14-5-7(6)10(15)9-4-8(12)11(13)16-9/h2-5,10,15H,1H3. The van der Waals surface area contributed by atoms with E-state index < -0.39 is 6.10 Å². The van der Waals surface area contributed by atoms with E-state index in [-0.39, 0.29) is 0 Å². The fraction of sp³-hybridized carbons (Fsp3) is 0.182. The maximum atomic E-state index is 10.1. The lowest BCUT2D eigenvalue weighted by Gasteiger charge is -2.09. The average Bonchev–Trinajstić information content (AvgIpc) is 2.59. The highest BCUT2D eigenvalue weighted by atomic mass is 79.9. The van der Waals surface area contributed by atoms with Crippen molar-refractivity contribution in [2.45, 2.75) is 13.0 Å². The van der Waals surface area contributed by atoms with Crippen LogP contribution in [-0.4, -0.2) is 10.1 Å². The highest BCUT2D eigenvalue weighted by molar-refractivity contribution is 9.13. The molecule has 1 atom stereocenters. The Bertz CT molecular complexity index is 491. The summed E-state index contributed by atoms with van der Waals surface area (Å²) in [6.45, 7) is 1.92. The second-order valence-electron chi connectivity index (χ2n) is 3.41. The Hall–Kier alpha value is -0.650. The van der Waals surface area contributed by atoms with E-state index in [9.17, 15) is 5.11 Å². The lowest BCUT2D eigenvalue weighted by molar-refractivity contribution is 0.186. The van der Waals surface area contributed by atoms with Crippen molar-refractivity contribution in [2.75, 3.05) is 0 Å². The van der Waals surface area contributed by atoms with Crippen molar-refractivity contribution in [3.05, 3.63) is 50.6 Å². The van der Waals surface area contributed by atoms with Gasteiger partial charge in [0.05, 0.1) is 4.47 Å². The molecule has 5 heteroatoms. The number of nitrogens with zero attached hydrogens (tertiary/aromatic N) is 1. The van der Waals surface area contributed by atoms with Crippen molar-refractivity contribution in [3.63, 3.8) is 0 Å². The Morgan fingerprint density at radius 1 is 1.44 bits per heavy atom. The molecule has 0 saturated heterocycles. The molecule has 1 N–H and O–H groups in total. The maximum Gasteiger partial charge on any atom is 0.183 e. The number of halogens is 2. The zero-order valence-electron chi connectivity index (χ0n) is 8.45. The van der Waals surface area contributed by atoms with Gasteiger partial charge in [-0.2, -0.15) is 0 Å². The first kappa shape index (κ1) is 11.8. The van der Waals surface area contributed by atoms with Crippen LogP contribution in [0.25, 0.3) is 0 Å². The number of hydrogen-bond donors (Lipinski definition) is 1. The highest BCUT2D eigenvalue weighted by Gasteiger charge is 2.18. The third-order valence-corrected chi connectivity index (χ3v) is 4.02. The van der Waals surface area contributed by atoms with Gasteiger partial charge in [-0.15, -0.1) is 0 Å². The van der Waals surface area contributed by atoms with Gasteiger partial charge in [0.25, 0.3) is 0 Å². The zero-order chi connectivity index (χ0) is 11.7. The van der Waals surface area contributed by atoms with Crippen molar-refractivity contribution in [2.24, 2.45) is 0 Å². The molecule has 2 rings (SSSR count). The van der Waals surface area contributed by atoms with Crippen LogP contribution in [0, 0.1) is 6.92 Å². The Kier molecular flexibility index (Phi) is 3.47. The van der Waals surface area contributed by atoms with Crippen LogP contribution in [0.5, 0.6) is 0 Å². The second kappa shape index (κ2) is 4.69. The van der Waals surface area contributed by atoms with Crippen LogP contribution in [0.3, 0.4) is 0 Å². The first-order chi connectivity index (χ1) is 7.59. The summed E-state index contributed by atoms with van der Waals surface area (Å²) in [7, 11) is 0. The van der Waals surface area contributed by atoms with Gasteiger partial charge in [0.15, 0.2) is 4.67 Å². The normalized spacial score (nSPS) is 12.8. The van der Waals surface area contributed by atoms with Crippen LogP contribution >= 0.6 is 31.9 Å². The molecule has 2 heterocycles. The van der Waals surface area contributed by atoms with Crippen molar-refractivity contribution < 1.29 is 9.52 Å². The van der Waals surface area contributed by atoms with Crippen LogP contribution in [0.4, 0.5) is 0 Å². The number of furan rings is 1. The Morgan fingerprint density at radius 2 is 2.19 bits per heavy atom. The number of aliphatic hydroxyl groups is 1. The van der Waals surface area contributed by atoms with Gasteiger partial charge < -0.3 is 9.52 Å². The summed E-state index contributed by atoms with van der Waals surface area (Å²) in [5.41, 5.74) is 1.72. The molecule has 0 amide bonds. The minimum atomic E-state index is -0.795. The molecule has 2 aromatic heterocycles. The molecule has 0 saturated carbocycles. The van der Waals surface area contributed by atoms with Crippen LogP contribution in [0.2, 0.25) is 0 Å². The monoisotopic (exact) mass is 345 g/mol. The van der Waals surface area contributed by atoms with Crippen LogP contribution in [-0.2, 0) is 0 Å². The molecule has 0 spiro atoms. The lowest BCUT2D eigenvalue weighted by atomic mass is 10.1. The maximum absolute atomic E-state index is 10.1. The Labute approximate surface area is 110 Å². The third kappa shape index (κ3) is 2.21. The number of hydrogen-bond acceptors (Lipinski definition) is 3. The number of rotatable bonds is 2. The van der Waals surface area contributed by atoms with Gasteiger partial charge in [0, 0.05) is 18.0 Å². The van der Waals surface area contributed by atoms with E-state index in [1.54, 1.807) is 18.5 Å². The molecule has 0 bridgehead atoms. The molecule has 2 aromatic rings. The molecule has 1 unspecified atom stereocenters. The summed E-state index contributed by atoms with van der Waals surface area (Å²) in [5, 5.41) is 10.1. The highest BCUT2D eigenvalue weighted by Crippen LogP contribution is 2.33. The van der Waals surface area contributed by atoms with Gasteiger partial charge in [-0.05, 0) is 56.5 Å². The third-order valence-electron chi connectivity index (χ3n) is 2.31. The van der Waals surface area contributed by atoms with Gasteiger partial charge >= 0.3 is 0 Å². The Morgan fingerprint density at radius 3 is 2.75 bits per heavy atom. The molecule has 84 valence electrons. The topological polar surface area (TPSA) is 46.3 Å². The summed E-state index contributed by atoms with van der Waals surface area (Å²) in [6, 6.07) is 3.59. The van der Waals surface area contributed by atoms with Crippen molar-refractivity contribution in [1.82, 2.24) is 4.98 Å². The van der Waals surface area contributed by atoms with Gasteiger partial charge in [-0.3, -0.25) is 4.98 Å². The van der Waals surface area contributed by atoms with E-state index in [2.05, 4.69) is 36.8 Å². The molecule has 0 radical (unpaired) electrons. The lowest BCUT2D eigenvalue weighted by Crippen LogP contribution is -2.01. The van der Waals surface area contributed by atoms with Crippen LogP contribution in [0.1, 0.15) is 23.0 Å². The van der Waals surface area contributed by atoms with Crippen molar-refractivity contribution >= 4 is 31.9 Å². The first-order valence-electron chi connectivity index (χ1n) is 4.63. The van der Waals surface area contributed by atoms with Gasteiger partial charge in [0.2, 0.25) is 0 Å². The number of pyridine rings is 1. The molecule has 16 heavy (non-hydrogen) atoms. The SMILES string of the molecule is Cc1ccncc1C(O)c1cc(Br)c(Br)o1. The molecule has 0 aliphatic rings. The molecular formula is C11H9Br2NO2. The van der Waals surface area contributed by atoms with Crippen molar-refractivity contribution in [1.29, 1.82) is 0 Å². The summed E-state index contributed by atoms with van der Waals surface area (Å²) < 4.78 is 6.73. The van der Waals surface area contributed by atoms with Crippen molar-refractivity contribution in [3.8, 4) is 0 Å². The average molecular weight is 347 g/mol. The molecule has 0 fully saturated rings. The minimum Gasteiger partial charge on any atom is -0.450 e.